The first-order chi connectivity index (χ1) is 13.4. The van der Waals surface area contributed by atoms with Gasteiger partial charge in [-0.25, -0.2) is 0 Å². The van der Waals surface area contributed by atoms with Gasteiger partial charge in [-0.1, -0.05) is 18.2 Å². The van der Waals surface area contributed by atoms with E-state index in [0.717, 1.165) is 16.8 Å². The molecule has 3 heterocycles. The molecular formula is C22H26N2O4. The van der Waals surface area contributed by atoms with E-state index in [1.54, 1.807) is 11.8 Å². The zero-order valence-electron chi connectivity index (χ0n) is 16.5. The summed E-state index contributed by atoms with van der Waals surface area (Å²) in [4.78, 5) is 30.5. The standard InChI is InChI=1S/C22H26N2O4/c1-12-14-10-23(3)9-8-22-16-6-4-5-7-17(16)24(13(2)25)20(22)15(11-28-12)18(14)19(26)21(22)27/h4-7,10,12,15,18-20,26H,8-9,11H2,1-3H3/b14-10-/t12-,15-,18+,19+,20+,22?/m1/s1. The first kappa shape index (κ1) is 17.9. The molecule has 6 nitrogen and oxygen atoms in total. The Morgan fingerprint density at radius 3 is 2.82 bits per heavy atom. The summed E-state index contributed by atoms with van der Waals surface area (Å²) in [5.41, 5.74) is 1.72. The van der Waals surface area contributed by atoms with Gasteiger partial charge in [0.05, 0.1) is 24.2 Å². The predicted molar refractivity (Wildman–Crippen MR) is 104 cm³/mol. The quantitative estimate of drug-likeness (QED) is 0.736. The Kier molecular flexibility index (Phi) is 3.77. The Balaban J connectivity index is 1.81. The fraction of sp³-hybridized carbons (Fsp3) is 0.545. The number of Topliss-reactive ketones (excluding diaryl/α,β-unsaturated/α-hetero) is 1. The Morgan fingerprint density at radius 1 is 1.32 bits per heavy atom. The molecule has 0 spiro atoms. The summed E-state index contributed by atoms with van der Waals surface area (Å²) < 4.78 is 6.10. The average molecular weight is 382 g/mol. The average Bonchev–Trinajstić information content (AvgIpc) is 3.00. The SMILES string of the molecule is CC(=O)N1c2ccccc2C23CCN(C)/C=C4\[C@@H]([C@@H](CO[C@@H]4C)[C@H]12)[C@H](O)C3=O. The third-order valence-corrected chi connectivity index (χ3v) is 7.30. The van der Waals surface area contributed by atoms with Crippen LogP contribution < -0.4 is 4.90 Å². The number of anilines is 1. The molecule has 0 radical (unpaired) electrons. The molecule has 2 fully saturated rings. The highest BCUT2D eigenvalue weighted by Crippen LogP contribution is 2.58. The molecule has 1 aromatic rings. The maximum absolute atomic E-state index is 13.8. The van der Waals surface area contributed by atoms with Crippen LogP contribution in [0.2, 0.25) is 0 Å². The van der Waals surface area contributed by atoms with E-state index in [0.29, 0.717) is 19.6 Å². The normalized spacial score (nSPS) is 40.8. The lowest BCUT2D eigenvalue weighted by Gasteiger charge is -2.53. The van der Waals surface area contributed by atoms with Crippen LogP contribution in [0.5, 0.6) is 0 Å². The van der Waals surface area contributed by atoms with E-state index < -0.39 is 11.5 Å². The first-order valence-corrected chi connectivity index (χ1v) is 10.0. The molecule has 1 amide bonds. The summed E-state index contributed by atoms with van der Waals surface area (Å²) in [6.45, 7) is 4.64. The molecule has 1 saturated carbocycles. The smallest absolute Gasteiger partial charge is 0.224 e. The largest absolute Gasteiger partial charge is 0.385 e. The van der Waals surface area contributed by atoms with Crippen LogP contribution in [-0.2, 0) is 19.7 Å². The number of ether oxygens (including phenoxy) is 1. The van der Waals surface area contributed by atoms with Crippen molar-refractivity contribution in [2.75, 3.05) is 25.1 Å². The summed E-state index contributed by atoms with van der Waals surface area (Å²) >= 11 is 0. The van der Waals surface area contributed by atoms with Crippen molar-refractivity contribution in [2.45, 2.75) is 43.9 Å². The van der Waals surface area contributed by atoms with Crippen molar-refractivity contribution in [2.24, 2.45) is 11.8 Å². The Bertz CT molecular complexity index is 896. The molecular weight excluding hydrogens is 356 g/mol. The summed E-state index contributed by atoms with van der Waals surface area (Å²) in [6, 6.07) is 7.37. The molecule has 3 aliphatic heterocycles. The van der Waals surface area contributed by atoms with E-state index in [1.165, 1.54) is 0 Å². The number of aliphatic hydroxyl groups excluding tert-OH is 1. The zero-order valence-corrected chi connectivity index (χ0v) is 16.5. The van der Waals surface area contributed by atoms with Gasteiger partial charge in [-0.2, -0.15) is 0 Å². The maximum atomic E-state index is 13.8. The Hall–Kier alpha value is -2.18. The minimum Gasteiger partial charge on any atom is -0.385 e. The van der Waals surface area contributed by atoms with Gasteiger partial charge in [0, 0.05) is 44.2 Å². The summed E-state index contributed by atoms with van der Waals surface area (Å²) in [5, 5.41) is 11.2. The molecule has 1 aromatic carbocycles. The van der Waals surface area contributed by atoms with E-state index in [9.17, 15) is 14.7 Å². The summed E-state index contributed by atoms with van der Waals surface area (Å²) in [6.07, 6.45) is 1.37. The van der Waals surface area contributed by atoms with E-state index in [2.05, 4.69) is 4.90 Å². The first-order valence-electron chi connectivity index (χ1n) is 10.0. The van der Waals surface area contributed by atoms with E-state index in [4.69, 9.17) is 4.74 Å². The third kappa shape index (κ3) is 2.05. The fourth-order valence-electron chi connectivity index (χ4n) is 6.16. The number of hydrogen-bond acceptors (Lipinski definition) is 5. The van der Waals surface area contributed by atoms with Gasteiger partial charge in [0.2, 0.25) is 5.91 Å². The number of ketones is 1. The summed E-state index contributed by atoms with van der Waals surface area (Å²) in [5.74, 6) is -0.673. The molecule has 1 unspecified atom stereocenters. The monoisotopic (exact) mass is 382 g/mol. The number of hydrogen-bond donors (Lipinski definition) is 1. The number of benzene rings is 1. The number of carbonyl (C=O) groups is 2. The van der Waals surface area contributed by atoms with Crippen LogP contribution in [0.15, 0.2) is 36.0 Å². The maximum Gasteiger partial charge on any atom is 0.224 e. The molecule has 4 aliphatic rings. The fourth-order valence-corrected chi connectivity index (χ4v) is 6.16. The Labute approximate surface area is 164 Å². The molecule has 4 bridgehead atoms. The molecule has 6 heteroatoms. The van der Waals surface area contributed by atoms with E-state index in [-0.39, 0.29) is 35.7 Å². The van der Waals surface area contributed by atoms with Crippen LogP contribution in [0.4, 0.5) is 5.69 Å². The minimum atomic E-state index is -1.08. The highest BCUT2D eigenvalue weighted by Gasteiger charge is 2.67. The molecule has 6 atom stereocenters. The van der Waals surface area contributed by atoms with Crippen molar-refractivity contribution in [3.05, 3.63) is 41.6 Å². The van der Waals surface area contributed by atoms with Gasteiger partial charge in [0.25, 0.3) is 0 Å². The van der Waals surface area contributed by atoms with Crippen LogP contribution in [0, 0.1) is 11.8 Å². The second kappa shape index (κ2) is 5.91. The highest BCUT2D eigenvalue weighted by molar-refractivity contribution is 6.06. The van der Waals surface area contributed by atoms with Crippen LogP contribution >= 0.6 is 0 Å². The van der Waals surface area contributed by atoms with Crippen LogP contribution in [0.25, 0.3) is 0 Å². The van der Waals surface area contributed by atoms with Crippen molar-refractivity contribution in [3.8, 4) is 0 Å². The number of nitrogens with zero attached hydrogens (tertiary/aromatic N) is 2. The Morgan fingerprint density at radius 2 is 2.07 bits per heavy atom. The number of fused-ring (bicyclic) bond motifs is 1. The van der Waals surface area contributed by atoms with Crippen LogP contribution in [0.3, 0.4) is 0 Å². The number of amides is 1. The predicted octanol–water partition coefficient (Wildman–Crippen LogP) is 1.47. The van der Waals surface area contributed by atoms with Gasteiger partial charge in [0.1, 0.15) is 6.10 Å². The lowest BCUT2D eigenvalue weighted by molar-refractivity contribution is -0.150. The molecule has 5 rings (SSSR count). The van der Waals surface area contributed by atoms with Gasteiger partial charge in [-0.05, 0) is 30.5 Å². The van der Waals surface area contributed by atoms with Crippen LogP contribution in [0.1, 0.15) is 25.8 Å². The van der Waals surface area contributed by atoms with Gasteiger partial charge >= 0.3 is 0 Å². The highest BCUT2D eigenvalue weighted by atomic mass is 16.5. The van der Waals surface area contributed by atoms with Gasteiger partial charge in [-0.15, -0.1) is 0 Å². The number of rotatable bonds is 0. The second-order valence-electron chi connectivity index (χ2n) is 8.66. The molecule has 1 aliphatic carbocycles. The molecule has 148 valence electrons. The van der Waals surface area contributed by atoms with Gasteiger partial charge in [-0.3, -0.25) is 9.59 Å². The van der Waals surface area contributed by atoms with Crippen LogP contribution in [-0.4, -0.2) is 60.1 Å². The van der Waals surface area contributed by atoms with Gasteiger partial charge in [0.15, 0.2) is 5.78 Å². The zero-order chi connectivity index (χ0) is 19.8. The molecule has 0 aromatic heterocycles. The minimum absolute atomic E-state index is 0.0704. The topological polar surface area (TPSA) is 70.1 Å². The second-order valence-corrected chi connectivity index (χ2v) is 8.66. The van der Waals surface area contributed by atoms with Gasteiger partial charge < -0.3 is 19.6 Å². The van der Waals surface area contributed by atoms with Crippen molar-refractivity contribution in [1.82, 2.24) is 4.90 Å². The van der Waals surface area contributed by atoms with Crippen molar-refractivity contribution >= 4 is 17.4 Å². The van der Waals surface area contributed by atoms with Crippen molar-refractivity contribution in [1.29, 1.82) is 0 Å². The summed E-state index contributed by atoms with van der Waals surface area (Å²) in [7, 11) is 2.00. The lowest BCUT2D eigenvalue weighted by Crippen LogP contribution is -2.67. The number of aliphatic hydroxyl groups is 1. The number of carbonyl (C=O) groups excluding carboxylic acids is 2. The lowest BCUT2D eigenvalue weighted by atomic mass is 9.55. The number of para-hydroxylation sites is 1. The third-order valence-electron chi connectivity index (χ3n) is 7.30. The molecule has 1 saturated heterocycles. The van der Waals surface area contributed by atoms with E-state index >= 15 is 0 Å². The molecule has 1 N–H and O–H groups in total. The van der Waals surface area contributed by atoms with Crippen molar-refractivity contribution in [3.63, 3.8) is 0 Å². The van der Waals surface area contributed by atoms with Crippen molar-refractivity contribution < 1.29 is 19.4 Å². The molecule has 28 heavy (non-hydrogen) atoms. The van der Waals surface area contributed by atoms with E-state index in [1.807, 2.05) is 44.4 Å².